The van der Waals surface area contributed by atoms with Gasteiger partial charge in [-0.15, -0.1) is 0 Å². The summed E-state index contributed by atoms with van der Waals surface area (Å²) in [7, 11) is 0. The highest BCUT2D eigenvalue weighted by Gasteiger charge is 2.10. The van der Waals surface area contributed by atoms with E-state index in [1.54, 1.807) is 48.5 Å². The van der Waals surface area contributed by atoms with E-state index in [-0.39, 0.29) is 23.0 Å². The lowest BCUT2D eigenvalue weighted by molar-refractivity contribution is -0.116. The minimum absolute atomic E-state index is 0.0226. The summed E-state index contributed by atoms with van der Waals surface area (Å²) < 4.78 is 5.72. The predicted molar refractivity (Wildman–Crippen MR) is 125 cm³/mol. The highest BCUT2D eigenvalue weighted by molar-refractivity contribution is 7.80. The fourth-order valence-corrected chi connectivity index (χ4v) is 2.78. The zero-order valence-corrected chi connectivity index (χ0v) is 18.5. The van der Waals surface area contributed by atoms with Crippen molar-refractivity contribution >= 4 is 40.5 Å². The maximum Gasteiger partial charge on any atom is 0.257 e. The Bertz CT molecular complexity index is 868. The quantitative estimate of drug-likeness (QED) is 0.484. The molecule has 0 aliphatic carbocycles. The van der Waals surface area contributed by atoms with Crippen molar-refractivity contribution in [2.24, 2.45) is 0 Å². The molecule has 0 aromatic heterocycles. The predicted octanol–water partition coefficient (Wildman–Crippen LogP) is 5.12. The second-order valence-corrected chi connectivity index (χ2v) is 7.41. The molecular formula is C23H29N3O3S. The monoisotopic (exact) mass is 427 g/mol. The van der Waals surface area contributed by atoms with Gasteiger partial charge in [-0.3, -0.25) is 14.9 Å². The molecule has 2 aromatic rings. The number of unbranched alkanes of at least 4 members (excludes halogenated alkanes) is 1. The van der Waals surface area contributed by atoms with Crippen LogP contribution in [-0.2, 0) is 4.79 Å². The van der Waals surface area contributed by atoms with Crippen LogP contribution in [0.1, 0.15) is 56.8 Å². The van der Waals surface area contributed by atoms with Crippen LogP contribution < -0.4 is 20.7 Å². The molecule has 160 valence electrons. The molecule has 30 heavy (non-hydrogen) atoms. The first kappa shape index (κ1) is 23.3. The second-order valence-electron chi connectivity index (χ2n) is 7.00. The van der Waals surface area contributed by atoms with E-state index in [0.29, 0.717) is 23.4 Å². The molecule has 0 aliphatic rings. The highest BCUT2D eigenvalue weighted by atomic mass is 32.1. The first-order chi connectivity index (χ1) is 14.4. The zero-order valence-electron chi connectivity index (χ0n) is 17.7. The summed E-state index contributed by atoms with van der Waals surface area (Å²) in [6.45, 7) is 6.09. The van der Waals surface area contributed by atoms with Crippen LogP contribution in [0, 0.1) is 0 Å². The van der Waals surface area contributed by atoms with Crippen LogP contribution in [0.25, 0.3) is 0 Å². The third-order valence-electron chi connectivity index (χ3n) is 4.42. The molecule has 1 atom stereocenters. The van der Waals surface area contributed by atoms with Crippen LogP contribution in [-0.4, -0.2) is 23.0 Å². The Morgan fingerprint density at radius 1 is 1.03 bits per heavy atom. The van der Waals surface area contributed by atoms with Gasteiger partial charge in [0.25, 0.3) is 5.91 Å². The van der Waals surface area contributed by atoms with Crippen LogP contribution in [0.4, 0.5) is 11.4 Å². The Morgan fingerprint density at radius 3 is 2.33 bits per heavy atom. The number of ether oxygens (including phenoxy) is 1. The summed E-state index contributed by atoms with van der Waals surface area (Å²) in [5.74, 6) is 0.386. The van der Waals surface area contributed by atoms with Gasteiger partial charge in [-0.2, -0.15) is 0 Å². The summed E-state index contributed by atoms with van der Waals surface area (Å²) in [4.78, 5) is 24.3. The molecule has 0 aliphatic heterocycles. The summed E-state index contributed by atoms with van der Waals surface area (Å²) in [5.41, 5.74) is 1.82. The maximum absolute atomic E-state index is 12.4. The first-order valence-electron chi connectivity index (χ1n) is 10.2. The number of anilines is 2. The number of carbonyl (C=O) groups is 2. The molecule has 2 amide bonds. The van der Waals surface area contributed by atoms with Gasteiger partial charge < -0.3 is 15.4 Å². The number of hydrogen-bond acceptors (Lipinski definition) is 4. The summed E-state index contributed by atoms with van der Waals surface area (Å²) >= 11 is 5.24. The van der Waals surface area contributed by atoms with Gasteiger partial charge in [0.2, 0.25) is 5.91 Å². The van der Waals surface area contributed by atoms with Crippen molar-refractivity contribution in [3.63, 3.8) is 0 Å². The molecule has 7 heteroatoms. The Balaban J connectivity index is 1.90. The van der Waals surface area contributed by atoms with Crippen LogP contribution in [0.3, 0.4) is 0 Å². The van der Waals surface area contributed by atoms with Gasteiger partial charge in [-0.05, 0) is 74.4 Å². The summed E-state index contributed by atoms with van der Waals surface area (Å²) in [6, 6.07) is 14.1. The SMILES string of the molecule is CCCCC(=O)Nc1cccc(NC(=S)NC(=O)c2ccc(O[C@@H](C)CC)cc2)c1. The van der Waals surface area contributed by atoms with Crippen molar-refractivity contribution in [1.29, 1.82) is 0 Å². The minimum atomic E-state index is -0.313. The average Bonchev–Trinajstić information content (AvgIpc) is 2.72. The van der Waals surface area contributed by atoms with Gasteiger partial charge in [0.15, 0.2) is 5.11 Å². The van der Waals surface area contributed by atoms with Gasteiger partial charge in [-0.1, -0.05) is 26.3 Å². The number of nitrogens with one attached hydrogen (secondary N) is 3. The van der Waals surface area contributed by atoms with E-state index in [1.165, 1.54) is 0 Å². The van der Waals surface area contributed by atoms with Crippen LogP contribution in [0.2, 0.25) is 0 Å². The second kappa shape index (κ2) is 11.9. The van der Waals surface area contributed by atoms with Crippen molar-refractivity contribution in [3.05, 3.63) is 54.1 Å². The number of thiocarbonyl (C=S) groups is 1. The average molecular weight is 428 g/mol. The molecule has 2 rings (SSSR count). The Morgan fingerprint density at radius 2 is 1.70 bits per heavy atom. The fraction of sp³-hybridized carbons (Fsp3) is 0.348. The van der Waals surface area contributed by atoms with E-state index in [2.05, 4.69) is 22.9 Å². The molecule has 0 fully saturated rings. The Kier molecular flexibility index (Phi) is 9.28. The van der Waals surface area contributed by atoms with Crippen molar-refractivity contribution < 1.29 is 14.3 Å². The third kappa shape index (κ3) is 7.83. The Labute approximate surface area is 183 Å². The van der Waals surface area contributed by atoms with E-state index in [1.807, 2.05) is 13.8 Å². The van der Waals surface area contributed by atoms with E-state index in [9.17, 15) is 9.59 Å². The molecule has 0 heterocycles. The number of benzene rings is 2. The largest absolute Gasteiger partial charge is 0.491 e. The van der Waals surface area contributed by atoms with Gasteiger partial charge >= 0.3 is 0 Å². The number of amides is 2. The highest BCUT2D eigenvalue weighted by Crippen LogP contribution is 2.17. The summed E-state index contributed by atoms with van der Waals surface area (Å²) in [6.07, 6.45) is 3.34. The minimum Gasteiger partial charge on any atom is -0.491 e. The fourth-order valence-electron chi connectivity index (χ4n) is 2.57. The van der Waals surface area contributed by atoms with Gasteiger partial charge in [0, 0.05) is 23.4 Å². The van der Waals surface area contributed by atoms with Gasteiger partial charge in [0.1, 0.15) is 5.75 Å². The van der Waals surface area contributed by atoms with E-state index < -0.39 is 0 Å². The summed E-state index contributed by atoms with van der Waals surface area (Å²) in [5, 5.41) is 8.66. The van der Waals surface area contributed by atoms with Crippen LogP contribution in [0.15, 0.2) is 48.5 Å². The lowest BCUT2D eigenvalue weighted by Gasteiger charge is -2.13. The zero-order chi connectivity index (χ0) is 21.9. The van der Waals surface area contributed by atoms with Crippen LogP contribution in [0.5, 0.6) is 5.75 Å². The molecule has 0 unspecified atom stereocenters. The number of rotatable bonds is 9. The molecule has 0 saturated heterocycles. The van der Waals surface area contributed by atoms with Gasteiger partial charge in [-0.25, -0.2) is 0 Å². The van der Waals surface area contributed by atoms with E-state index >= 15 is 0 Å². The molecular weight excluding hydrogens is 398 g/mol. The van der Waals surface area contributed by atoms with Crippen molar-refractivity contribution in [2.75, 3.05) is 10.6 Å². The molecule has 0 spiro atoms. The number of hydrogen-bond donors (Lipinski definition) is 3. The molecule has 0 radical (unpaired) electrons. The smallest absolute Gasteiger partial charge is 0.257 e. The van der Waals surface area contributed by atoms with Crippen LogP contribution >= 0.6 is 12.2 Å². The molecule has 3 N–H and O–H groups in total. The lowest BCUT2D eigenvalue weighted by Crippen LogP contribution is -2.34. The first-order valence-corrected chi connectivity index (χ1v) is 10.6. The lowest BCUT2D eigenvalue weighted by atomic mass is 10.2. The van der Waals surface area contributed by atoms with Crippen molar-refractivity contribution in [2.45, 2.75) is 52.6 Å². The Hall–Kier alpha value is -2.93. The van der Waals surface area contributed by atoms with E-state index in [0.717, 1.165) is 25.0 Å². The molecule has 6 nitrogen and oxygen atoms in total. The van der Waals surface area contributed by atoms with Gasteiger partial charge in [0.05, 0.1) is 6.10 Å². The van der Waals surface area contributed by atoms with Crippen molar-refractivity contribution in [1.82, 2.24) is 5.32 Å². The maximum atomic E-state index is 12.4. The molecule has 0 bridgehead atoms. The van der Waals surface area contributed by atoms with Crippen molar-refractivity contribution in [3.8, 4) is 5.75 Å². The normalized spacial score (nSPS) is 11.3. The number of carbonyl (C=O) groups excluding carboxylic acids is 2. The molecule has 0 saturated carbocycles. The standard InChI is InChI=1S/C23H29N3O3S/c1-4-6-10-21(27)24-18-8-7-9-19(15-18)25-23(30)26-22(28)17-11-13-20(14-12-17)29-16(3)5-2/h7-9,11-16H,4-6,10H2,1-3H3,(H,24,27)(H2,25,26,28,30)/t16-/m0/s1. The topological polar surface area (TPSA) is 79.5 Å². The molecule has 2 aromatic carbocycles. The van der Waals surface area contributed by atoms with E-state index in [4.69, 9.17) is 17.0 Å². The third-order valence-corrected chi connectivity index (χ3v) is 4.62.